The third kappa shape index (κ3) is 7.39. The number of ketones is 3. The predicted octanol–water partition coefficient (Wildman–Crippen LogP) is 1.82. The normalized spacial score (nSPS) is 11.5. The maximum Gasteiger partial charge on any atom is 0.305 e. The summed E-state index contributed by atoms with van der Waals surface area (Å²) in [7, 11) is 0. The molecule has 1 aromatic rings. The largest absolute Gasteiger partial charge is 0.481 e. The summed E-state index contributed by atoms with van der Waals surface area (Å²) in [6.07, 6.45) is 0.0503. The molecule has 1 amide bonds. The molecule has 0 aliphatic carbocycles. The van der Waals surface area contributed by atoms with E-state index in [0.717, 1.165) is 0 Å². The van der Waals surface area contributed by atoms with Crippen LogP contribution in [-0.2, 0) is 14.4 Å². The van der Waals surface area contributed by atoms with Gasteiger partial charge in [0.25, 0.3) is 0 Å². The Bertz CT molecular complexity index is 757. The molecule has 0 radical (unpaired) electrons. The number of nitrogens with one attached hydrogen (secondary N) is 1. The van der Waals surface area contributed by atoms with Crippen LogP contribution in [0.2, 0.25) is 0 Å². The summed E-state index contributed by atoms with van der Waals surface area (Å²) in [5.74, 6) is -3.25. The van der Waals surface area contributed by atoms with Crippen molar-refractivity contribution in [3.05, 3.63) is 29.3 Å². The number of rotatable bonds is 12. The number of carboxylic acids is 1. The van der Waals surface area contributed by atoms with Crippen LogP contribution in [0.4, 0.5) is 5.69 Å². The molecule has 0 aromatic heterocycles. The van der Waals surface area contributed by atoms with E-state index < -0.39 is 23.6 Å². The quantitative estimate of drug-likeness (QED) is 0.472. The molecule has 0 fully saturated rings. The summed E-state index contributed by atoms with van der Waals surface area (Å²) in [6, 6.07) is 4.51. The molecular weight excluding hydrogens is 352 g/mol. The number of hydrogen-bond acceptors (Lipinski definition) is 6. The Morgan fingerprint density at radius 3 is 2.26 bits per heavy atom. The van der Waals surface area contributed by atoms with Crippen molar-refractivity contribution in [2.24, 2.45) is 11.7 Å². The van der Waals surface area contributed by atoms with Crippen LogP contribution in [0.25, 0.3) is 0 Å². The smallest absolute Gasteiger partial charge is 0.305 e. The van der Waals surface area contributed by atoms with Gasteiger partial charge in [-0.2, -0.15) is 0 Å². The van der Waals surface area contributed by atoms with E-state index in [0.29, 0.717) is 5.69 Å². The van der Waals surface area contributed by atoms with Crippen LogP contribution in [0.15, 0.2) is 18.2 Å². The lowest BCUT2D eigenvalue weighted by molar-refractivity contribution is -0.136. The second kappa shape index (κ2) is 10.2. The lowest BCUT2D eigenvalue weighted by atomic mass is 9.90. The zero-order chi connectivity index (χ0) is 20.6. The highest BCUT2D eigenvalue weighted by molar-refractivity contribution is 6.09. The molecule has 0 aliphatic heterocycles. The van der Waals surface area contributed by atoms with Crippen molar-refractivity contribution in [3.8, 4) is 0 Å². The number of Topliss-reactive ketones (excluding diaryl/α,β-unsaturated/α-hetero) is 3. The molecule has 0 spiro atoms. The Balaban J connectivity index is 2.97. The molecule has 0 bridgehead atoms. The number of hydrogen-bond donors (Lipinski definition) is 3. The van der Waals surface area contributed by atoms with E-state index in [9.17, 15) is 24.0 Å². The Morgan fingerprint density at radius 1 is 1.07 bits per heavy atom. The van der Waals surface area contributed by atoms with E-state index in [1.807, 2.05) is 0 Å². The Kier molecular flexibility index (Phi) is 8.32. The SMILES string of the molecule is CC(=O)CCC(CC(=O)c1ccc(NCCC(=O)O)cc1C(C)=O)C(N)=O. The Hall–Kier alpha value is -3.03. The van der Waals surface area contributed by atoms with Crippen LogP contribution < -0.4 is 11.1 Å². The van der Waals surface area contributed by atoms with Gasteiger partial charge in [-0.3, -0.25) is 19.2 Å². The summed E-state index contributed by atoms with van der Waals surface area (Å²) in [5.41, 5.74) is 6.18. The topological polar surface area (TPSA) is 144 Å². The van der Waals surface area contributed by atoms with Crippen LogP contribution in [0.1, 0.15) is 60.2 Å². The fourth-order valence-electron chi connectivity index (χ4n) is 2.56. The van der Waals surface area contributed by atoms with E-state index in [-0.39, 0.29) is 54.9 Å². The molecule has 4 N–H and O–H groups in total. The van der Waals surface area contributed by atoms with Crippen molar-refractivity contribution >= 4 is 34.9 Å². The molecule has 0 heterocycles. The summed E-state index contributed by atoms with van der Waals surface area (Å²) < 4.78 is 0. The zero-order valence-corrected chi connectivity index (χ0v) is 15.4. The van der Waals surface area contributed by atoms with Crippen LogP contribution >= 0.6 is 0 Å². The number of carbonyl (C=O) groups is 5. The number of nitrogens with two attached hydrogens (primary N) is 1. The van der Waals surface area contributed by atoms with Gasteiger partial charge in [-0.25, -0.2) is 0 Å². The monoisotopic (exact) mass is 376 g/mol. The molecule has 1 unspecified atom stereocenters. The third-order valence-corrected chi connectivity index (χ3v) is 4.05. The fourth-order valence-corrected chi connectivity index (χ4v) is 2.56. The first-order valence-corrected chi connectivity index (χ1v) is 8.54. The minimum Gasteiger partial charge on any atom is -0.481 e. The van der Waals surface area contributed by atoms with Gasteiger partial charge in [0, 0.05) is 42.1 Å². The molecule has 27 heavy (non-hydrogen) atoms. The van der Waals surface area contributed by atoms with Crippen molar-refractivity contribution in [2.75, 3.05) is 11.9 Å². The second-order valence-electron chi connectivity index (χ2n) is 6.35. The highest BCUT2D eigenvalue weighted by Gasteiger charge is 2.23. The average molecular weight is 376 g/mol. The van der Waals surface area contributed by atoms with Gasteiger partial charge in [-0.15, -0.1) is 0 Å². The molecule has 0 saturated carbocycles. The van der Waals surface area contributed by atoms with Crippen LogP contribution in [-0.4, -0.2) is 40.9 Å². The van der Waals surface area contributed by atoms with Crippen molar-refractivity contribution < 1.29 is 29.1 Å². The van der Waals surface area contributed by atoms with Crippen molar-refractivity contribution in [1.82, 2.24) is 0 Å². The van der Waals surface area contributed by atoms with E-state index in [4.69, 9.17) is 10.8 Å². The first kappa shape index (κ1) is 22.0. The van der Waals surface area contributed by atoms with E-state index in [1.165, 1.54) is 26.0 Å². The summed E-state index contributed by atoms with van der Waals surface area (Å²) in [4.78, 5) is 57.8. The number of anilines is 1. The van der Waals surface area contributed by atoms with Gasteiger partial charge >= 0.3 is 5.97 Å². The first-order chi connectivity index (χ1) is 12.6. The minimum atomic E-state index is -0.954. The van der Waals surface area contributed by atoms with E-state index in [2.05, 4.69) is 5.32 Å². The van der Waals surface area contributed by atoms with Gasteiger partial charge in [0.05, 0.1) is 6.42 Å². The van der Waals surface area contributed by atoms with Crippen molar-refractivity contribution in [2.45, 2.75) is 39.5 Å². The first-order valence-electron chi connectivity index (χ1n) is 8.54. The molecule has 1 rings (SSSR count). The lowest BCUT2D eigenvalue weighted by Gasteiger charge is -2.14. The number of aliphatic carboxylic acids is 1. The minimum absolute atomic E-state index is 0.0907. The lowest BCUT2D eigenvalue weighted by Crippen LogP contribution is -2.26. The average Bonchev–Trinajstić information content (AvgIpc) is 2.57. The zero-order valence-electron chi connectivity index (χ0n) is 15.4. The van der Waals surface area contributed by atoms with Crippen LogP contribution in [0.5, 0.6) is 0 Å². The molecular formula is C19H24N2O6. The molecule has 1 atom stereocenters. The van der Waals surface area contributed by atoms with Crippen LogP contribution in [0.3, 0.4) is 0 Å². The van der Waals surface area contributed by atoms with Gasteiger partial charge in [-0.1, -0.05) is 0 Å². The molecule has 146 valence electrons. The van der Waals surface area contributed by atoms with Crippen molar-refractivity contribution in [1.29, 1.82) is 0 Å². The van der Waals surface area contributed by atoms with Gasteiger partial charge in [0.2, 0.25) is 5.91 Å². The summed E-state index contributed by atoms with van der Waals surface area (Å²) in [5, 5.41) is 11.5. The summed E-state index contributed by atoms with van der Waals surface area (Å²) >= 11 is 0. The second-order valence-corrected chi connectivity index (χ2v) is 6.35. The van der Waals surface area contributed by atoms with Crippen LogP contribution in [0, 0.1) is 5.92 Å². The van der Waals surface area contributed by atoms with E-state index >= 15 is 0 Å². The highest BCUT2D eigenvalue weighted by Crippen LogP contribution is 2.22. The third-order valence-electron chi connectivity index (χ3n) is 4.05. The maximum atomic E-state index is 12.6. The molecule has 8 heteroatoms. The Morgan fingerprint density at radius 2 is 1.74 bits per heavy atom. The van der Waals surface area contributed by atoms with Gasteiger partial charge in [0.1, 0.15) is 5.78 Å². The number of amides is 1. The maximum absolute atomic E-state index is 12.6. The fraction of sp³-hybridized carbons (Fsp3) is 0.421. The number of benzene rings is 1. The van der Waals surface area contributed by atoms with Gasteiger partial charge in [0.15, 0.2) is 11.6 Å². The van der Waals surface area contributed by atoms with Gasteiger partial charge in [-0.05, 0) is 38.5 Å². The molecule has 0 aliphatic rings. The number of carboxylic acid groups (broad SMARTS) is 1. The Labute approximate surface area is 157 Å². The van der Waals surface area contributed by atoms with Gasteiger partial charge < -0.3 is 21.0 Å². The summed E-state index contributed by atoms with van der Waals surface area (Å²) in [6.45, 7) is 2.88. The van der Waals surface area contributed by atoms with Crippen molar-refractivity contribution in [3.63, 3.8) is 0 Å². The standard InChI is InChI=1S/C19H24N2O6/c1-11(22)3-4-13(19(20)27)9-17(24)15-6-5-14(10-16(15)12(2)23)21-8-7-18(25)26/h5-6,10,13,21H,3-4,7-9H2,1-2H3,(H2,20,27)(H,25,26). The highest BCUT2D eigenvalue weighted by atomic mass is 16.4. The van der Waals surface area contributed by atoms with E-state index in [1.54, 1.807) is 6.07 Å². The molecule has 0 saturated heterocycles. The molecule has 1 aromatic carbocycles. The molecule has 8 nitrogen and oxygen atoms in total. The predicted molar refractivity (Wildman–Crippen MR) is 98.7 cm³/mol. The number of primary amides is 1. The number of carbonyl (C=O) groups excluding carboxylic acids is 4.